The van der Waals surface area contributed by atoms with E-state index in [1.165, 1.54) is 0 Å². The Morgan fingerprint density at radius 1 is 1.47 bits per heavy atom. The second kappa shape index (κ2) is 3.30. The molecule has 2 rings (SSSR count). The van der Waals surface area contributed by atoms with Gasteiger partial charge in [-0.1, -0.05) is 32.9 Å². The van der Waals surface area contributed by atoms with Gasteiger partial charge in [0.05, 0.1) is 6.04 Å². The molecule has 0 spiro atoms. The molecule has 1 fully saturated rings. The molecular weight excluding hydrogens is 190 g/mol. The molecule has 15 heavy (non-hydrogen) atoms. The molecule has 84 valence electrons. The molecule has 1 aliphatic carbocycles. The van der Waals surface area contributed by atoms with E-state index in [9.17, 15) is 0 Å². The third-order valence-electron chi connectivity index (χ3n) is 3.29. The van der Waals surface area contributed by atoms with E-state index in [4.69, 9.17) is 10.3 Å². The summed E-state index contributed by atoms with van der Waals surface area (Å²) >= 11 is 0. The maximum absolute atomic E-state index is 5.94. The zero-order valence-corrected chi connectivity index (χ0v) is 9.82. The number of nitrogens with two attached hydrogens (primary N) is 1. The average molecular weight is 209 g/mol. The summed E-state index contributed by atoms with van der Waals surface area (Å²) < 4.78 is 5.20. The highest BCUT2D eigenvalue weighted by atomic mass is 16.5. The summed E-state index contributed by atoms with van der Waals surface area (Å²) in [5.74, 6) is 2.17. The van der Waals surface area contributed by atoms with Gasteiger partial charge < -0.3 is 10.3 Å². The molecule has 1 unspecified atom stereocenters. The van der Waals surface area contributed by atoms with Crippen LogP contribution < -0.4 is 5.73 Å². The highest BCUT2D eigenvalue weighted by Gasteiger charge is 2.49. The first-order chi connectivity index (χ1) is 6.92. The molecular formula is C11H19N3O. The van der Waals surface area contributed by atoms with Crippen LogP contribution in [0.1, 0.15) is 57.8 Å². The summed E-state index contributed by atoms with van der Waals surface area (Å²) in [6, 6.07) is -0.145. The first-order valence-corrected chi connectivity index (χ1v) is 5.51. The standard InChI is InChI=1S/C11H19N3O/c1-6(2)8(12)10-13-9(14-15-10)7-5-11(7,3)4/h6-8H,5,12H2,1-4H3/t7?,8-/m1/s1. The number of aromatic nitrogens is 2. The average Bonchev–Trinajstić information content (AvgIpc) is 2.64. The third kappa shape index (κ3) is 1.91. The minimum Gasteiger partial charge on any atom is -0.338 e. The van der Waals surface area contributed by atoms with E-state index in [0.29, 0.717) is 23.1 Å². The lowest BCUT2D eigenvalue weighted by Gasteiger charge is -2.09. The van der Waals surface area contributed by atoms with Gasteiger partial charge in [0, 0.05) is 5.92 Å². The minimum atomic E-state index is -0.145. The molecule has 0 radical (unpaired) electrons. The van der Waals surface area contributed by atoms with Crippen LogP contribution in [0.2, 0.25) is 0 Å². The predicted octanol–water partition coefficient (Wildman–Crippen LogP) is 2.24. The summed E-state index contributed by atoms with van der Waals surface area (Å²) in [5, 5.41) is 4.01. The predicted molar refractivity (Wildman–Crippen MR) is 57.2 cm³/mol. The molecule has 1 saturated carbocycles. The van der Waals surface area contributed by atoms with Crippen molar-refractivity contribution in [2.45, 2.75) is 46.1 Å². The van der Waals surface area contributed by atoms with Crippen molar-refractivity contribution in [3.05, 3.63) is 11.7 Å². The molecule has 0 saturated heterocycles. The van der Waals surface area contributed by atoms with Crippen molar-refractivity contribution in [3.63, 3.8) is 0 Å². The SMILES string of the molecule is CC(C)[C@@H](N)c1nc(C2CC2(C)C)no1. The molecule has 0 bridgehead atoms. The fourth-order valence-electron chi connectivity index (χ4n) is 1.72. The van der Waals surface area contributed by atoms with Crippen molar-refractivity contribution in [1.29, 1.82) is 0 Å². The van der Waals surface area contributed by atoms with Gasteiger partial charge in [-0.15, -0.1) is 0 Å². The highest BCUT2D eigenvalue weighted by molar-refractivity contribution is 5.14. The topological polar surface area (TPSA) is 64.9 Å². The quantitative estimate of drug-likeness (QED) is 0.829. The number of nitrogens with zero attached hydrogens (tertiary/aromatic N) is 2. The van der Waals surface area contributed by atoms with E-state index in [-0.39, 0.29) is 6.04 Å². The van der Waals surface area contributed by atoms with Gasteiger partial charge in [0.2, 0.25) is 5.89 Å². The first kappa shape index (κ1) is 10.6. The lowest BCUT2D eigenvalue weighted by Crippen LogP contribution is -2.17. The Kier molecular flexibility index (Phi) is 2.34. The smallest absolute Gasteiger partial charge is 0.243 e. The van der Waals surface area contributed by atoms with Gasteiger partial charge in [-0.25, -0.2) is 0 Å². The summed E-state index contributed by atoms with van der Waals surface area (Å²) in [6.45, 7) is 8.54. The molecule has 2 atom stereocenters. The van der Waals surface area contributed by atoms with Gasteiger partial charge in [0.15, 0.2) is 5.82 Å². The van der Waals surface area contributed by atoms with Crippen molar-refractivity contribution >= 4 is 0 Å². The van der Waals surface area contributed by atoms with Crippen LogP contribution in [0.3, 0.4) is 0 Å². The third-order valence-corrected chi connectivity index (χ3v) is 3.29. The Bertz CT molecular complexity index is 340. The number of hydrogen-bond donors (Lipinski definition) is 1. The fraction of sp³-hybridized carbons (Fsp3) is 0.818. The first-order valence-electron chi connectivity index (χ1n) is 5.51. The van der Waals surface area contributed by atoms with Crippen LogP contribution in [0.5, 0.6) is 0 Å². The monoisotopic (exact) mass is 209 g/mol. The molecule has 1 aliphatic rings. The zero-order valence-electron chi connectivity index (χ0n) is 9.82. The second-order valence-electron chi connectivity index (χ2n) is 5.51. The highest BCUT2D eigenvalue weighted by Crippen LogP contribution is 2.57. The number of rotatable bonds is 3. The Morgan fingerprint density at radius 3 is 2.53 bits per heavy atom. The van der Waals surface area contributed by atoms with Crippen LogP contribution in [-0.4, -0.2) is 10.1 Å². The largest absolute Gasteiger partial charge is 0.338 e. The molecule has 1 aromatic rings. The van der Waals surface area contributed by atoms with Crippen LogP contribution in [0.15, 0.2) is 4.52 Å². The van der Waals surface area contributed by atoms with Crippen molar-refractivity contribution in [1.82, 2.24) is 10.1 Å². The van der Waals surface area contributed by atoms with E-state index in [2.05, 4.69) is 37.8 Å². The van der Waals surface area contributed by atoms with Gasteiger partial charge in [-0.3, -0.25) is 0 Å². The fourth-order valence-corrected chi connectivity index (χ4v) is 1.72. The Balaban J connectivity index is 2.12. The second-order valence-corrected chi connectivity index (χ2v) is 5.51. The van der Waals surface area contributed by atoms with Crippen LogP contribution in [0.25, 0.3) is 0 Å². The van der Waals surface area contributed by atoms with E-state index in [1.807, 2.05) is 0 Å². The molecule has 0 aliphatic heterocycles. The molecule has 0 aromatic carbocycles. The lowest BCUT2D eigenvalue weighted by molar-refractivity contribution is 0.322. The Labute approximate surface area is 90.2 Å². The van der Waals surface area contributed by atoms with Gasteiger partial charge in [-0.05, 0) is 17.8 Å². The van der Waals surface area contributed by atoms with Crippen LogP contribution in [0, 0.1) is 11.3 Å². The normalized spacial score (nSPS) is 25.6. The van der Waals surface area contributed by atoms with Gasteiger partial charge >= 0.3 is 0 Å². The van der Waals surface area contributed by atoms with E-state index in [0.717, 1.165) is 12.2 Å². The molecule has 2 N–H and O–H groups in total. The molecule has 1 aromatic heterocycles. The summed E-state index contributed by atoms with van der Waals surface area (Å²) in [6.07, 6.45) is 1.14. The van der Waals surface area contributed by atoms with Crippen LogP contribution in [0.4, 0.5) is 0 Å². The van der Waals surface area contributed by atoms with Crippen LogP contribution in [-0.2, 0) is 0 Å². The van der Waals surface area contributed by atoms with Gasteiger partial charge in [0.1, 0.15) is 0 Å². The van der Waals surface area contributed by atoms with Crippen molar-refractivity contribution in [2.75, 3.05) is 0 Å². The van der Waals surface area contributed by atoms with E-state index < -0.39 is 0 Å². The van der Waals surface area contributed by atoms with E-state index in [1.54, 1.807) is 0 Å². The summed E-state index contributed by atoms with van der Waals surface area (Å²) in [7, 11) is 0. The summed E-state index contributed by atoms with van der Waals surface area (Å²) in [4.78, 5) is 4.39. The molecule has 0 amide bonds. The molecule has 4 heteroatoms. The minimum absolute atomic E-state index is 0.145. The molecule has 1 heterocycles. The maximum atomic E-state index is 5.94. The van der Waals surface area contributed by atoms with Gasteiger partial charge in [0.25, 0.3) is 0 Å². The van der Waals surface area contributed by atoms with E-state index >= 15 is 0 Å². The Hall–Kier alpha value is -0.900. The van der Waals surface area contributed by atoms with Crippen LogP contribution >= 0.6 is 0 Å². The summed E-state index contributed by atoms with van der Waals surface area (Å²) in [5.41, 5.74) is 6.28. The van der Waals surface area contributed by atoms with Crippen molar-refractivity contribution in [2.24, 2.45) is 17.1 Å². The number of hydrogen-bond acceptors (Lipinski definition) is 4. The Morgan fingerprint density at radius 2 is 2.07 bits per heavy atom. The van der Waals surface area contributed by atoms with Crippen molar-refractivity contribution in [3.8, 4) is 0 Å². The van der Waals surface area contributed by atoms with Gasteiger partial charge in [-0.2, -0.15) is 4.98 Å². The van der Waals surface area contributed by atoms with Crippen molar-refractivity contribution < 1.29 is 4.52 Å². The zero-order chi connectivity index (χ0) is 11.2. The molecule has 4 nitrogen and oxygen atoms in total. The lowest BCUT2D eigenvalue weighted by atomic mass is 10.1. The maximum Gasteiger partial charge on any atom is 0.243 e.